The molecule has 6 aromatic rings. The third-order valence-electron chi connectivity index (χ3n) is 10.6. The molecule has 6 nitrogen and oxygen atoms in total. The molecule has 2 atom stereocenters. The molecule has 0 aliphatic rings. The highest BCUT2D eigenvalue weighted by molar-refractivity contribution is 5.84. The average molecular weight is 769 g/mol. The molecule has 0 bridgehead atoms. The first kappa shape index (κ1) is 41.0. The number of carbonyl (C=O) groups is 2. The Balaban J connectivity index is 1.34. The van der Waals surface area contributed by atoms with E-state index >= 15 is 0 Å². The zero-order valence-electron chi connectivity index (χ0n) is 34.4. The molecule has 6 heteroatoms. The summed E-state index contributed by atoms with van der Waals surface area (Å²) in [5.41, 5.74) is 15.2. The summed E-state index contributed by atoms with van der Waals surface area (Å²) in [6, 6.07) is 47.0. The Hall–Kier alpha value is -6.66. The smallest absolute Gasteiger partial charge is 0.330 e. The highest BCUT2D eigenvalue weighted by Gasteiger charge is 2.19. The SMILES string of the molecule is C=CC(=O)OC(C)c1ccc(N(c2ccc(CC)cc2)c2ccc(-c3ccc(N(c4ccc(CC)cc4)c4ccc(C(C)OC(=O)C=C)cc4)cc3C)c(C)c2)cc1. The van der Waals surface area contributed by atoms with Crippen molar-refractivity contribution in [3.63, 3.8) is 0 Å². The van der Waals surface area contributed by atoms with Gasteiger partial charge in [0.2, 0.25) is 0 Å². The molecular weight excluding hydrogens is 717 g/mol. The van der Waals surface area contributed by atoms with Crippen molar-refractivity contribution in [1.29, 1.82) is 0 Å². The number of rotatable bonds is 15. The fourth-order valence-corrected chi connectivity index (χ4v) is 7.20. The molecule has 0 saturated carbocycles. The average Bonchev–Trinajstić information content (AvgIpc) is 3.25. The fraction of sp³-hybridized carbons (Fsp3) is 0.192. The van der Waals surface area contributed by atoms with Crippen LogP contribution in [0.5, 0.6) is 0 Å². The van der Waals surface area contributed by atoms with Crippen LogP contribution in [-0.2, 0) is 31.9 Å². The molecule has 0 heterocycles. The lowest BCUT2D eigenvalue weighted by atomic mass is 9.95. The highest BCUT2D eigenvalue weighted by atomic mass is 16.5. The highest BCUT2D eigenvalue weighted by Crippen LogP contribution is 2.41. The maximum Gasteiger partial charge on any atom is 0.330 e. The van der Waals surface area contributed by atoms with Gasteiger partial charge in [0.05, 0.1) is 0 Å². The van der Waals surface area contributed by atoms with Gasteiger partial charge in [-0.15, -0.1) is 0 Å². The summed E-state index contributed by atoms with van der Waals surface area (Å²) in [6.45, 7) is 19.4. The van der Waals surface area contributed by atoms with Gasteiger partial charge in [0.25, 0.3) is 0 Å². The van der Waals surface area contributed by atoms with Crippen molar-refractivity contribution in [1.82, 2.24) is 0 Å². The van der Waals surface area contributed by atoms with E-state index in [2.05, 4.69) is 160 Å². The molecule has 294 valence electrons. The predicted molar refractivity (Wildman–Crippen MR) is 239 cm³/mol. The lowest BCUT2D eigenvalue weighted by Crippen LogP contribution is -2.11. The van der Waals surface area contributed by atoms with Gasteiger partial charge in [0, 0.05) is 46.3 Å². The van der Waals surface area contributed by atoms with Crippen molar-refractivity contribution in [3.8, 4) is 11.1 Å². The molecule has 0 amide bonds. The van der Waals surface area contributed by atoms with Crippen molar-refractivity contribution in [2.75, 3.05) is 9.80 Å². The first-order chi connectivity index (χ1) is 28.0. The third kappa shape index (κ3) is 9.30. The molecule has 6 rings (SSSR count). The van der Waals surface area contributed by atoms with Gasteiger partial charge in [0.15, 0.2) is 0 Å². The van der Waals surface area contributed by atoms with Crippen LogP contribution in [0.4, 0.5) is 34.1 Å². The van der Waals surface area contributed by atoms with Crippen LogP contribution in [0.2, 0.25) is 0 Å². The Morgan fingerprint density at radius 2 is 0.793 bits per heavy atom. The number of esters is 2. The van der Waals surface area contributed by atoms with E-state index in [9.17, 15) is 9.59 Å². The van der Waals surface area contributed by atoms with Crippen molar-refractivity contribution < 1.29 is 19.1 Å². The Morgan fingerprint density at radius 1 is 0.500 bits per heavy atom. The molecule has 0 aliphatic carbocycles. The molecule has 0 spiro atoms. The third-order valence-corrected chi connectivity index (χ3v) is 10.6. The minimum absolute atomic E-state index is 0.397. The maximum atomic E-state index is 11.9. The molecule has 0 fully saturated rings. The van der Waals surface area contributed by atoms with Gasteiger partial charge in [-0.2, -0.15) is 0 Å². The normalized spacial score (nSPS) is 11.9. The van der Waals surface area contributed by atoms with E-state index in [4.69, 9.17) is 9.47 Å². The van der Waals surface area contributed by atoms with E-state index in [-0.39, 0.29) is 0 Å². The number of anilines is 6. The van der Waals surface area contributed by atoms with Gasteiger partial charge >= 0.3 is 11.9 Å². The lowest BCUT2D eigenvalue weighted by Gasteiger charge is -2.28. The predicted octanol–water partition coefficient (Wildman–Crippen LogP) is 13.6. The Morgan fingerprint density at radius 3 is 1.07 bits per heavy atom. The molecule has 0 N–H and O–H groups in total. The van der Waals surface area contributed by atoms with E-state index in [0.29, 0.717) is 0 Å². The molecule has 2 unspecified atom stereocenters. The molecule has 6 aromatic carbocycles. The minimum Gasteiger partial charge on any atom is -0.455 e. The van der Waals surface area contributed by atoms with Gasteiger partial charge in [-0.05, 0) is 158 Å². The second-order valence-electron chi connectivity index (χ2n) is 14.5. The first-order valence-corrected chi connectivity index (χ1v) is 19.9. The largest absolute Gasteiger partial charge is 0.455 e. The van der Waals surface area contributed by atoms with E-state index in [0.717, 1.165) is 80.3 Å². The van der Waals surface area contributed by atoms with Crippen molar-refractivity contribution in [3.05, 3.63) is 192 Å². The van der Waals surface area contributed by atoms with Gasteiger partial charge in [0.1, 0.15) is 12.2 Å². The summed E-state index contributed by atoms with van der Waals surface area (Å²) in [5, 5.41) is 0. The second-order valence-corrected chi connectivity index (χ2v) is 14.5. The quantitative estimate of drug-likeness (QED) is 0.0766. The van der Waals surface area contributed by atoms with Crippen LogP contribution in [0.1, 0.15) is 73.3 Å². The van der Waals surface area contributed by atoms with Gasteiger partial charge < -0.3 is 19.3 Å². The number of nitrogens with zero attached hydrogens (tertiary/aromatic N) is 2. The fourth-order valence-electron chi connectivity index (χ4n) is 7.20. The molecule has 0 aliphatic heterocycles. The molecule has 0 radical (unpaired) electrons. The topological polar surface area (TPSA) is 59.1 Å². The summed E-state index contributed by atoms with van der Waals surface area (Å²) in [5.74, 6) is -0.889. The van der Waals surface area contributed by atoms with E-state index in [1.165, 1.54) is 23.3 Å². The number of hydrogen-bond acceptors (Lipinski definition) is 6. The molecular formula is C52H52N2O4. The molecule has 58 heavy (non-hydrogen) atoms. The first-order valence-electron chi connectivity index (χ1n) is 19.9. The van der Waals surface area contributed by atoms with Crippen LogP contribution in [-0.4, -0.2) is 11.9 Å². The zero-order valence-corrected chi connectivity index (χ0v) is 34.4. The lowest BCUT2D eigenvalue weighted by molar-refractivity contribution is -0.143. The zero-order chi connectivity index (χ0) is 41.3. The summed E-state index contributed by atoms with van der Waals surface area (Å²) < 4.78 is 10.9. The number of aryl methyl sites for hydroxylation is 4. The maximum absolute atomic E-state index is 11.9. The van der Waals surface area contributed by atoms with Crippen LogP contribution in [0, 0.1) is 13.8 Å². The number of hydrogen-bond donors (Lipinski definition) is 0. The van der Waals surface area contributed by atoms with E-state index in [1.54, 1.807) is 0 Å². The van der Waals surface area contributed by atoms with Crippen LogP contribution in [0.25, 0.3) is 11.1 Å². The van der Waals surface area contributed by atoms with E-state index in [1.807, 2.05) is 38.1 Å². The summed E-state index contributed by atoms with van der Waals surface area (Å²) in [7, 11) is 0. The van der Waals surface area contributed by atoms with Crippen molar-refractivity contribution >= 4 is 46.1 Å². The summed E-state index contributed by atoms with van der Waals surface area (Å²) in [4.78, 5) is 28.2. The Kier molecular flexibility index (Phi) is 13.1. The second kappa shape index (κ2) is 18.5. The Labute approximate surface area is 343 Å². The monoisotopic (exact) mass is 768 g/mol. The van der Waals surface area contributed by atoms with Crippen LogP contribution < -0.4 is 9.80 Å². The standard InChI is InChI=1S/C52H52N2O4/c1-9-39-13-21-43(22-14-39)53(45-25-17-41(18-26-45)37(7)57-51(55)11-3)47-29-31-49(35(5)33-47)50-32-30-48(34-36(50)6)54(44-23-15-40(10-2)16-24-44)46-27-19-42(20-28-46)38(8)58-52(56)12-4/h11-34,37-38H,3-4,9-10H2,1-2,5-8H3. The van der Waals surface area contributed by atoms with Crippen LogP contribution >= 0.6 is 0 Å². The van der Waals surface area contributed by atoms with E-state index < -0.39 is 24.1 Å². The van der Waals surface area contributed by atoms with Gasteiger partial charge in [-0.1, -0.05) is 87.7 Å². The minimum atomic E-state index is -0.444. The van der Waals surface area contributed by atoms with Crippen molar-refractivity contribution in [2.45, 2.75) is 66.6 Å². The summed E-state index contributed by atoms with van der Waals surface area (Å²) in [6.07, 6.45) is 3.51. The van der Waals surface area contributed by atoms with Crippen molar-refractivity contribution in [2.24, 2.45) is 0 Å². The van der Waals surface area contributed by atoms with Gasteiger partial charge in [-0.3, -0.25) is 0 Å². The number of carbonyl (C=O) groups excluding carboxylic acids is 2. The molecule has 0 aromatic heterocycles. The van der Waals surface area contributed by atoms with Gasteiger partial charge in [-0.25, -0.2) is 9.59 Å². The van der Waals surface area contributed by atoms with Crippen LogP contribution in [0.3, 0.4) is 0 Å². The number of ether oxygens (including phenoxy) is 2. The molecule has 0 saturated heterocycles. The van der Waals surface area contributed by atoms with Crippen LogP contribution in [0.15, 0.2) is 159 Å². The Bertz CT molecular complexity index is 2210. The number of benzene rings is 6. The summed E-state index contributed by atoms with van der Waals surface area (Å²) >= 11 is 0.